The highest BCUT2D eigenvalue weighted by Gasteiger charge is 2.22. The SMILES string of the molecule is CC1CCC(CNC(C)(C)C)O1. The van der Waals surface area contributed by atoms with Crippen LogP contribution in [-0.2, 0) is 4.74 Å². The molecule has 1 N–H and O–H groups in total. The van der Waals surface area contributed by atoms with Crippen molar-refractivity contribution in [3.05, 3.63) is 0 Å². The molecule has 1 heterocycles. The monoisotopic (exact) mass is 171 g/mol. The van der Waals surface area contributed by atoms with E-state index in [1.54, 1.807) is 0 Å². The van der Waals surface area contributed by atoms with Crippen molar-refractivity contribution in [2.75, 3.05) is 6.54 Å². The number of ether oxygens (including phenoxy) is 1. The summed E-state index contributed by atoms with van der Waals surface area (Å²) in [6.45, 7) is 9.70. The van der Waals surface area contributed by atoms with Gasteiger partial charge in [-0.25, -0.2) is 0 Å². The maximum Gasteiger partial charge on any atom is 0.0704 e. The van der Waals surface area contributed by atoms with Crippen LogP contribution in [0.5, 0.6) is 0 Å². The van der Waals surface area contributed by atoms with E-state index in [0.717, 1.165) is 6.54 Å². The summed E-state index contributed by atoms with van der Waals surface area (Å²) in [5.74, 6) is 0. The molecule has 1 saturated heterocycles. The summed E-state index contributed by atoms with van der Waals surface area (Å²) in [5, 5.41) is 3.46. The first-order valence-electron chi connectivity index (χ1n) is 4.88. The predicted octanol–water partition coefficient (Wildman–Crippen LogP) is 1.94. The van der Waals surface area contributed by atoms with Crippen molar-refractivity contribution in [3.8, 4) is 0 Å². The highest BCUT2D eigenvalue weighted by molar-refractivity contribution is 4.77. The molecule has 2 atom stereocenters. The Bertz CT molecular complexity index is 139. The van der Waals surface area contributed by atoms with Gasteiger partial charge in [-0.15, -0.1) is 0 Å². The van der Waals surface area contributed by atoms with Gasteiger partial charge in [0.15, 0.2) is 0 Å². The third-order valence-corrected chi connectivity index (χ3v) is 2.18. The zero-order valence-electron chi connectivity index (χ0n) is 8.68. The molecule has 12 heavy (non-hydrogen) atoms. The van der Waals surface area contributed by atoms with E-state index in [9.17, 15) is 0 Å². The zero-order valence-corrected chi connectivity index (χ0v) is 8.68. The number of hydrogen-bond acceptors (Lipinski definition) is 2. The molecule has 2 heteroatoms. The molecule has 0 aliphatic carbocycles. The average Bonchev–Trinajstić information content (AvgIpc) is 2.30. The Morgan fingerprint density at radius 2 is 2.00 bits per heavy atom. The second kappa shape index (κ2) is 3.75. The Hall–Kier alpha value is -0.0800. The van der Waals surface area contributed by atoms with Crippen LogP contribution in [0.3, 0.4) is 0 Å². The predicted molar refractivity (Wildman–Crippen MR) is 51.3 cm³/mol. The molecule has 1 aliphatic heterocycles. The van der Waals surface area contributed by atoms with Gasteiger partial charge in [-0.05, 0) is 40.5 Å². The van der Waals surface area contributed by atoms with Crippen LogP contribution in [0, 0.1) is 0 Å². The van der Waals surface area contributed by atoms with Gasteiger partial charge in [0.2, 0.25) is 0 Å². The van der Waals surface area contributed by atoms with Gasteiger partial charge in [0.05, 0.1) is 12.2 Å². The molecule has 0 spiro atoms. The largest absolute Gasteiger partial charge is 0.374 e. The third-order valence-electron chi connectivity index (χ3n) is 2.18. The van der Waals surface area contributed by atoms with Crippen LogP contribution in [0.4, 0.5) is 0 Å². The third kappa shape index (κ3) is 3.55. The molecule has 0 saturated carbocycles. The molecule has 0 aromatic rings. The lowest BCUT2D eigenvalue weighted by Gasteiger charge is -2.23. The maximum atomic E-state index is 5.69. The van der Waals surface area contributed by atoms with Crippen molar-refractivity contribution in [2.45, 2.75) is 58.3 Å². The lowest BCUT2D eigenvalue weighted by Crippen LogP contribution is -2.40. The minimum Gasteiger partial charge on any atom is -0.374 e. The van der Waals surface area contributed by atoms with E-state index in [0.29, 0.717) is 12.2 Å². The molecule has 0 radical (unpaired) electrons. The van der Waals surface area contributed by atoms with Crippen LogP contribution < -0.4 is 5.32 Å². The van der Waals surface area contributed by atoms with Crippen molar-refractivity contribution >= 4 is 0 Å². The van der Waals surface area contributed by atoms with Crippen LogP contribution in [0.25, 0.3) is 0 Å². The highest BCUT2D eigenvalue weighted by atomic mass is 16.5. The summed E-state index contributed by atoms with van der Waals surface area (Å²) in [4.78, 5) is 0. The van der Waals surface area contributed by atoms with E-state index < -0.39 is 0 Å². The van der Waals surface area contributed by atoms with Gasteiger partial charge >= 0.3 is 0 Å². The summed E-state index contributed by atoms with van der Waals surface area (Å²) in [6, 6.07) is 0. The highest BCUT2D eigenvalue weighted by Crippen LogP contribution is 2.18. The topological polar surface area (TPSA) is 21.3 Å². The first-order chi connectivity index (χ1) is 5.47. The van der Waals surface area contributed by atoms with E-state index >= 15 is 0 Å². The molecule has 1 rings (SSSR count). The number of hydrogen-bond donors (Lipinski definition) is 1. The Balaban J connectivity index is 2.16. The van der Waals surface area contributed by atoms with Gasteiger partial charge in [0, 0.05) is 12.1 Å². The van der Waals surface area contributed by atoms with Crippen LogP contribution in [0.1, 0.15) is 40.5 Å². The molecular formula is C10H21NO. The van der Waals surface area contributed by atoms with Gasteiger partial charge in [0.1, 0.15) is 0 Å². The second-order valence-corrected chi connectivity index (χ2v) is 4.78. The molecule has 2 nitrogen and oxygen atoms in total. The molecule has 0 aromatic carbocycles. The van der Waals surface area contributed by atoms with Crippen molar-refractivity contribution in [1.82, 2.24) is 5.32 Å². The lowest BCUT2D eigenvalue weighted by atomic mass is 10.1. The summed E-state index contributed by atoms with van der Waals surface area (Å²) in [5.41, 5.74) is 0.217. The Morgan fingerprint density at radius 1 is 1.33 bits per heavy atom. The summed E-state index contributed by atoms with van der Waals surface area (Å²) in [6.07, 6.45) is 3.34. The molecule has 72 valence electrons. The first kappa shape index (κ1) is 10.0. The fourth-order valence-electron chi connectivity index (χ4n) is 1.46. The fraction of sp³-hybridized carbons (Fsp3) is 1.00. The van der Waals surface area contributed by atoms with Gasteiger partial charge in [0.25, 0.3) is 0 Å². The smallest absolute Gasteiger partial charge is 0.0704 e. The molecule has 0 amide bonds. The van der Waals surface area contributed by atoms with Gasteiger partial charge in [-0.2, -0.15) is 0 Å². The molecule has 1 fully saturated rings. The average molecular weight is 171 g/mol. The molecule has 0 bridgehead atoms. The number of rotatable bonds is 2. The van der Waals surface area contributed by atoms with E-state index in [2.05, 4.69) is 33.0 Å². The lowest BCUT2D eigenvalue weighted by molar-refractivity contribution is 0.0523. The van der Waals surface area contributed by atoms with Crippen molar-refractivity contribution in [2.24, 2.45) is 0 Å². The Kier molecular flexibility index (Phi) is 3.13. The fourth-order valence-corrected chi connectivity index (χ4v) is 1.46. The van der Waals surface area contributed by atoms with Crippen LogP contribution in [0.2, 0.25) is 0 Å². The van der Waals surface area contributed by atoms with Gasteiger partial charge in [-0.3, -0.25) is 0 Å². The van der Waals surface area contributed by atoms with Crippen LogP contribution in [-0.4, -0.2) is 24.3 Å². The van der Waals surface area contributed by atoms with E-state index in [4.69, 9.17) is 4.74 Å². The maximum absolute atomic E-state index is 5.69. The molecule has 1 aliphatic rings. The zero-order chi connectivity index (χ0) is 9.19. The Morgan fingerprint density at radius 3 is 2.42 bits per heavy atom. The van der Waals surface area contributed by atoms with E-state index in [1.807, 2.05) is 0 Å². The van der Waals surface area contributed by atoms with Gasteiger partial charge in [-0.1, -0.05) is 0 Å². The van der Waals surface area contributed by atoms with E-state index in [1.165, 1.54) is 12.8 Å². The van der Waals surface area contributed by atoms with Crippen molar-refractivity contribution in [3.63, 3.8) is 0 Å². The number of nitrogens with one attached hydrogen (secondary N) is 1. The quantitative estimate of drug-likeness (QED) is 0.685. The van der Waals surface area contributed by atoms with Crippen molar-refractivity contribution in [1.29, 1.82) is 0 Å². The summed E-state index contributed by atoms with van der Waals surface area (Å²) in [7, 11) is 0. The normalized spacial score (nSPS) is 31.0. The van der Waals surface area contributed by atoms with Gasteiger partial charge < -0.3 is 10.1 Å². The summed E-state index contributed by atoms with van der Waals surface area (Å²) < 4.78 is 5.69. The van der Waals surface area contributed by atoms with Crippen molar-refractivity contribution < 1.29 is 4.74 Å². The summed E-state index contributed by atoms with van der Waals surface area (Å²) >= 11 is 0. The van der Waals surface area contributed by atoms with Crippen LogP contribution in [0.15, 0.2) is 0 Å². The molecule has 0 aromatic heterocycles. The van der Waals surface area contributed by atoms with Crippen LogP contribution >= 0.6 is 0 Å². The molecular weight excluding hydrogens is 150 g/mol. The second-order valence-electron chi connectivity index (χ2n) is 4.78. The first-order valence-corrected chi connectivity index (χ1v) is 4.88. The van der Waals surface area contributed by atoms with E-state index in [-0.39, 0.29) is 5.54 Å². The minimum absolute atomic E-state index is 0.217. The standard InChI is InChI=1S/C10H21NO/c1-8-5-6-9(12-8)7-11-10(2,3)4/h8-9,11H,5-7H2,1-4H3. The minimum atomic E-state index is 0.217. The Labute approximate surface area is 75.7 Å². The molecule has 2 unspecified atom stereocenters.